The quantitative estimate of drug-likeness (QED) is 0.444. The fraction of sp³-hybridized carbons (Fsp3) is 0.333. The van der Waals surface area contributed by atoms with Gasteiger partial charge in [0, 0.05) is 24.2 Å². The van der Waals surface area contributed by atoms with Crippen LogP contribution in [0.4, 0.5) is 11.4 Å². The van der Waals surface area contributed by atoms with Crippen molar-refractivity contribution in [3.8, 4) is 5.75 Å². The highest BCUT2D eigenvalue weighted by Crippen LogP contribution is 2.60. The van der Waals surface area contributed by atoms with Gasteiger partial charge < -0.3 is 10.1 Å². The number of carbonyl (C=O) groups is 4. The lowest BCUT2D eigenvalue weighted by Crippen LogP contribution is -2.54. The average Bonchev–Trinajstić information content (AvgIpc) is 3.47. The molecule has 3 fully saturated rings. The van der Waals surface area contributed by atoms with Crippen LogP contribution in [0.2, 0.25) is 0 Å². The van der Waals surface area contributed by atoms with E-state index in [1.165, 1.54) is 11.8 Å². The molecule has 0 saturated carbocycles. The highest BCUT2D eigenvalue weighted by atomic mass is 16.5. The number of hydrogen-bond donors (Lipinski definition) is 1. The lowest BCUT2D eigenvalue weighted by molar-refractivity contribution is -0.135. The molecule has 0 bridgehead atoms. The van der Waals surface area contributed by atoms with Crippen molar-refractivity contribution in [3.05, 3.63) is 54.1 Å². The molecule has 6 rings (SSSR count). The van der Waals surface area contributed by atoms with Crippen molar-refractivity contribution in [2.75, 3.05) is 16.8 Å². The molecule has 1 N–H and O–H groups in total. The number of imide groups is 1. The predicted octanol–water partition coefficient (Wildman–Crippen LogP) is 2.04. The second-order valence-corrected chi connectivity index (χ2v) is 8.77. The molecule has 0 unspecified atom stereocenters. The minimum atomic E-state index is -1.17. The Morgan fingerprint density at radius 3 is 2.56 bits per heavy atom. The number of amides is 3. The minimum absolute atomic E-state index is 0.154. The zero-order valence-corrected chi connectivity index (χ0v) is 17.4. The molecule has 1 spiro atoms. The van der Waals surface area contributed by atoms with Gasteiger partial charge in [0.2, 0.25) is 17.7 Å². The summed E-state index contributed by atoms with van der Waals surface area (Å²) in [6.07, 6.45) is 1.65. The van der Waals surface area contributed by atoms with Gasteiger partial charge in [0.1, 0.15) is 11.3 Å². The molecule has 3 amide bonds. The summed E-state index contributed by atoms with van der Waals surface area (Å²) in [7, 11) is 0. The van der Waals surface area contributed by atoms with E-state index in [0.29, 0.717) is 23.7 Å². The molecular formula is C24H21N3O5. The zero-order valence-electron chi connectivity index (χ0n) is 17.4. The molecule has 4 atom stereocenters. The van der Waals surface area contributed by atoms with Crippen LogP contribution in [0.5, 0.6) is 5.75 Å². The summed E-state index contributed by atoms with van der Waals surface area (Å²) in [5.41, 5.74) is 0.726. The summed E-state index contributed by atoms with van der Waals surface area (Å²) in [4.78, 5) is 55.4. The maximum atomic E-state index is 13.8. The SMILES string of the molecule is CC(=O)Oc1ccc(N2C(=O)[C@@H]3[C@@H]4CCCN4[C@]4(C(=O)Nc5ccccc54)[C@H]3C2=O)cc1. The van der Waals surface area contributed by atoms with Gasteiger partial charge in [-0.2, -0.15) is 0 Å². The molecule has 3 saturated heterocycles. The van der Waals surface area contributed by atoms with E-state index in [1.807, 2.05) is 24.3 Å². The summed E-state index contributed by atoms with van der Waals surface area (Å²) in [6.45, 7) is 1.98. The first-order chi connectivity index (χ1) is 15.4. The molecule has 8 heteroatoms. The van der Waals surface area contributed by atoms with Gasteiger partial charge in [-0.05, 0) is 49.7 Å². The third-order valence-corrected chi connectivity index (χ3v) is 7.26. The predicted molar refractivity (Wildman–Crippen MR) is 114 cm³/mol. The number of rotatable bonds is 2. The topological polar surface area (TPSA) is 96.0 Å². The lowest BCUT2D eigenvalue weighted by Gasteiger charge is -2.36. The normalized spacial score (nSPS) is 30.5. The number of benzene rings is 2. The number of ether oxygens (including phenoxy) is 1. The first-order valence-electron chi connectivity index (χ1n) is 10.8. The fourth-order valence-corrected chi connectivity index (χ4v) is 6.24. The standard InChI is InChI=1S/C24H21N3O5/c1-13(28)32-15-10-8-14(9-11-15)27-21(29)19-18-7-4-12-26(18)24(20(19)22(27)30)16-5-2-3-6-17(16)25-23(24)31/h2-3,5-6,8-11,18-20H,4,7,12H2,1H3,(H,25,31)/t18-,19+,20+,24-/m0/s1. The van der Waals surface area contributed by atoms with E-state index in [4.69, 9.17) is 4.74 Å². The van der Waals surface area contributed by atoms with Crippen molar-refractivity contribution in [2.45, 2.75) is 31.3 Å². The molecule has 2 aromatic carbocycles. The molecule has 4 aliphatic heterocycles. The van der Waals surface area contributed by atoms with Crippen molar-refractivity contribution in [1.29, 1.82) is 0 Å². The molecule has 32 heavy (non-hydrogen) atoms. The number of para-hydroxylation sites is 1. The van der Waals surface area contributed by atoms with Crippen molar-refractivity contribution in [1.82, 2.24) is 4.90 Å². The van der Waals surface area contributed by atoms with Crippen LogP contribution in [0, 0.1) is 11.8 Å². The van der Waals surface area contributed by atoms with Crippen molar-refractivity contribution in [3.63, 3.8) is 0 Å². The van der Waals surface area contributed by atoms with E-state index >= 15 is 0 Å². The van der Waals surface area contributed by atoms with E-state index < -0.39 is 23.3 Å². The Morgan fingerprint density at radius 2 is 1.81 bits per heavy atom. The summed E-state index contributed by atoms with van der Waals surface area (Å²) < 4.78 is 5.06. The number of hydrogen-bond acceptors (Lipinski definition) is 6. The summed E-state index contributed by atoms with van der Waals surface area (Å²) in [6, 6.07) is 13.6. The van der Waals surface area contributed by atoms with E-state index in [0.717, 1.165) is 18.4 Å². The summed E-state index contributed by atoms with van der Waals surface area (Å²) in [5, 5.41) is 2.96. The smallest absolute Gasteiger partial charge is 0.308 e. The lowest BCUT2D eigenvalue weighted by atomic mass is 9.75. The van der Waals surface area contributed by atoms with Crippen molar-refractivity contribution in [2.24, 2.45) is 11.8 Å². The van der Waals surface area contributed by atoms with Gasteiger partial charge >= 0.3 is 5.97 Å². The number of anilines is 2. The van der Waals surface area contributed by atoms with Crippen LogP contribution in [-0.2, 0) is 24.7 Å². The van der Waals surface area contributed by atoms with Crippen LogP contribution in [0.1, 0.15) is 25.3 Å². The maximum Gasteiger partial charge on any atom is 0.308 e. The molecular weight excluding hydrogens is 410 g/mol. The Bertz CT molecular complexity index is 1190. The second kappa shape index (κ2) is 6.49. The molecule has 0 aromatic heterocycles. The minimum Gasteiger partial charge on any atom is -0.427 e. The van der Waals surface area contributed by atoms with Gasteiger partial charge in [-0.15, -0.1) is 0 Å². The Hall–Kier alpha value is -3.52. The van der Waals surface area contributed by atoms with Crippen LogP contribution in [0.25, 0.3) is 0 Å². The van der Waals surface area contributed by atoms with Crippen LogP contribution in [-0.4, -0.2) is 41.2 Å². The Balaban J connectivity index is 1.46. The monoisotopic (exact) mass is 431 g/mol. The Labute approximate surface area is 184 Å². The van der Waals surface area contributed by atoms with Gasteiger partial charge in [-0.3, -0.25) is 24.1 Å². The van der Waals surface area contributed by atoms with Crippen LogP contribution < -0.4 is 15.0 Å². The molecule has 0 radical (unpaired) electrons. The number of nitrogens with one attached hydrogen (secondary N) is 1. The fourth-order valence-electron chi connectivity index (χ4n) is 6.24. The maximum absolute atomic E-state index is 13.8. The number of fused-ring (bicyclic) bond motifs is 7. The molecule has 2 aromatic rings. The van der Waals surface area contributed by atoms with E-state index in [1.54, 1.807) is 24.3 Å². The first kappa shape index (κ1) is 19.2. The van der Waals surface area contributed by atoms with Crippen molar-refractivity contribution < 1.29 is 23.9 Å². The number of esters is 1. The number of carbonyl (C=O) groups excluding carboxylic acids is 4. The van der Waals surface area contributed by atoms with E-state index in [2.05, 4.69) is 10.2 Å². The van der Waals surface area contributed by atoms with Gasteiger partial charge in [0.05, 0.1) is 17.5 Å². The summed E-state index contributed by atoms with van der Waals surface area (Å²) >= 11 is 0. The second-order valence-electron chi connectivity index (χ2n) is 8.77. The Kier molecular flexibility index (Phi) is 3.89. The highest BCUT2D eigenvalue weighted by Gasteiger charge is 2.74. The van der Waals surface area contributed by atoms with Crippen molar-refractivity contribution >= 4 is 35.1 Å². The third-order valence-electron chi connectivity index (χ3n) is 7.26. The molecule has 162 valence electrons. The van der Waals surface area contributed by atoms with Crippen LogP contribution >= 0.6 is 0 Å². The average molecular weight is 431 g/mol. The summed E-state index contributed by atoms with van der Waals surface area (Å²) in [5.74, 6) is -2.33. The molecule has 0 aliphatic carbocycles. The Morgan fingerprint density at radius 1 is 1.06 bits per heavy atom. The van der Waals surface area contributed by atoms with Gasteiger partial charge in [0.15, 0.2) is 0 Å². The largest absolute Gasteiger partial charge is 0.427 e. The molecule has 8 nitrogen and oxygen atoms in total. The number of nitrogens with zero attached hydrogens (tertiary/aromatic N) is 2. The van der Waals surface area contributed by atoms with E-state index in [9.17, 15) is 19.2 Å². The highest BCUT2D eigenvalue weighted by molar-refractivity contribution is 6.25. The first-order valence-corrected chi connectivity index (χ1v) is 10.8. The molecule has 4 heterocycles. The van der Waals surface area contributed by atoms with Crippen LogP contribution in [0.3, 0.4) is 0 Å². The van der Waals surface area contributed by atoms with E-state index in [-0.39, 0.29) is 23.8 Å². The van der Waals surface area contributed by atoms with Gasteiger partial charge in [-0.1, -0.05) is 18.2 Å². The third kappa shape index (κ3) is 2.25. The molecule has 4 aliphatic rings. The van der Waals surface area contributed by atoms with Gasteiger partial charge in [0.25, 0.3) is 0 Å². The van der Waals surface area contributed by atoms with Crippen LogP contribution in [0.15, 0.2) is 48.5 Å². The van der Waals surface area contributed by atoms with Gasteiger partial charge in [-0.25, -0.2) is 4.90 Å². The zero-order chi connectivity index (χ0) is 22.2.